The quantitative estimate of drug-likeness (QED) is 0.919. The summed E-state index contributed by atoms with van der Waals surface area (Å²) in [6.45, 7) is 3.12. The van der Waals surface area contributed by atoms with Gasteiger partial charge in [0.2, 0.25) is 0 Å². The van der Waals surface area contributed by atoms with Crippen LogP contribution in [0.1, 0.15) is 29.1 Å². The number of ether oxygens (including phenoxy) is 2. The molecule has 1 aromatic carbocycles. The van der Waals surface area contributed by atoms with Crippen molar-refractivity contribution in [3.05, 3.63) is 41.8 Å². The molecule has 1 saturated heterocycles. The number of nitrogens with one attached hydrogen (secondary N) is 1. The first-order valence-electron chi connectivity index (χ1n) is 7.30. The van der Waals surface area contributed by atoms with Crippen LogP contribution in [-0.2, 0) is 4.74 Å². The molecule has 116 valence electrons. The molecule has 6 nitrogen and oxygen atoms in total. The maximum atomic E-state index is 11.9. The van der Waals surface area contributed by atoms with Gasteiger partial charge in [0.1, 0.15) is 18.1 Å². The number of carbonyl (C=O) groups excluding carboxylic acids is 1. The van der Waals surface area contributed by atoms with Crippen molar-refractivity contribution in [2.45, 2.75) is 25.9 Å². The summed E-state index contributed by atoms with van der Waals surface area (Å²) in [5.74, 6) is 1.05. The largest absolute Gasteiger partial charge is 0.491 e. The van der Waals surface area contributed by atoms with Gasteiger partial charge in [-0.15, -0.1) is 0 Å². The number of aryl methyl sites for hydroxylation is 1. The van der Waals surface area contributed by atoms with Crippen molar-refractivity contribution in [2.24, 2.45) is 0 Å². The van der Waals surface area contributed by atoms with Crippen LogP contribution in [0.2, 0.25) is 0 Å². The predicted octanol–water partition coefficient (Wildman–Crippen LogP) is 2.79. The molecule has 0 saturated carbocycles. The summed E-state index contributed by atoms with van der Waals surface area (Å²) >= 11 is 0. The second kappa shape index (κ2) is 6.62. The van der Waals surface area contributed by atoms with E-state index in [9.17, 15) is 4.79 Å². The van der Waals surface area contributed by atoms with Crippen molar-refractivity contribution in [3.63, 3.8) is 0 Å². The predicted molar refractivity (Wildman–Crippen MR) is 80.1 cm³/mol. The van der Waals surface area contributed by atoms with Crippen LogP contribution in [0.3, 0.4) is 0 Å². The Balaban J connectivity index is 1.53. The highest BCUT2D eigenvalue weighted by Gasteiger charge is 2.16. The summed E-state index contributed by atoms with van der Waals surface area (Å²) in [4.78, 5) is 11.9. The van der Waals surface area contributed by atoms with Gasteiger partial charge < -0.3 is 19.3 Å². The van der Waals surface area contributed by atoms with E-state index in [1.54, 1.807) is 25.1 Å². The van der Waals surface area contributed by atoms with Crippen LogP contribution in [0.15, 0.2) is 34.9 Å². The lowest BCUT2D eigenvalue weighted by Crippen LogP contribution is -2.16. The highest BCUT2D eigenvalue weighted by Crippen LogP contribution is 2.19. The minimum atomic E-state index is -0.301. The molecule has 1 fully saturated rings. The zero-order valence-electron chi connectivity index (χ0n) is 12.4. The minimum Gasteiger partial charge on any atom is -0.491 e. The minimum absolute atomic E-state index is 0.190. The summed E-state index contributed by atoms with van der Waals surface area (Å²) in [5.41, 5.74) is 0.936. The van der Waals surface area contributed by atoms with E-state index in [1.165, 1.54) is 0 Å². The molecule has 2 aromatic rings. The van der Waals surface area contributed by atoms with E-state index in [-0.39, 0.29) is 17.7 Å². The standard InChI is InChI=1S/C16H18N2O4/c1-11-9-15(18-22-11)16(19)17-12-4-6-13(7-5-12)21-10-14-3-2-8-20-14/h4-7,9,14H,2-3,8,10H2,1H3,(H,17,19). The van der Waals surface area contributed by atoms with Gasteiger partial charge in [0.05, 0.1) is 6.10 Å². The molecule has 1 N–H and O–H groups in total. The summed E-state index contributed by atoms with van der Waals surface area (Å²) < 4.78 is 16.1. The molecule has 0 spiro atoms. The van der Waals surface area contributed by atoms with Crippen LogP contribution in [-0.4, -0.2) is 30.4 Å². The number of hydrogen-bond donors (Lipinski definition) is 1. The molecule has 22 heavy (non-hydrogen) atoms. The average Bonchev–Trinajstić information content (AvgIpc) is 3.18. The molecule has 0 radical (unpaired) electrons. The fourth-order valence-electron chi connectivity index (χ4n) is 2.27. The molecule has 2 heterocycles. The summed E-state index contributed by atoms with van der Waals surface area (Å²) in [6, 6.07) is 8.80. The van der Waals surface area contributed by atoms with Gasteiger partial charge >= 0.3 is 0 Å². The maximum absolute atomic E-state index is 11.9. The van der Waals surface area contributed by atoms with E-state index in [1.807, 2.05) is 12.1 Å². The first-order chi connectivity index (χ1) is 10.7. The van der Waals surface area contributed by atoms with E-state index >= 15 is 0 Å². The highest BCUT2D eigenvalue weighted by atomic mass is 16.5. The van der Waals surface area contributed by atoms with Crippen LogP contribution in [0, 0.1) is 6.92 Å². The zero-order chi connectivity index (χ0) is 15.4. The van der Waals surface area contributed by atoms with Crippen molar-refractivity contribution in [3.8, 4) is 5.75 Å². The number of carbonyl (C=O) groups is 1. The lowest BCUT2D eigenvalue weighted by Gasteiger charge is -2.11. The van der Waals surface area contributed by atoms with Crippen molar-refractivity contribution >= 4 is 11.6 Å². The first-order valence-corrected chi connectivity index (χ1v) is 7.30. The van der Waals surface area contributed by atoms with Crippen LogP contribution >= 0.6 is 0 Å². The van der Waals surface area contributed by atoms with E-state index in [0.717, 1.165) is 25.2 Å². The smallest absolute Gasteiger partial charge is 0.277 e. The van der Waals surface area contributed by atoms with Crippen LogP contribution in [0.5, 0.6) is 5.75 Å². The van der Waals surface area contributed by atoms with Gasteiger partial charge in [0.25, 0.3) is 5.91 Å². The molecule has 1 atom stereocenters. The SMILES string of the molecule is Cc1cc(C(=O)Nc2ccc(OCC3CCCO3)cc2)no1. The van der Waals surface area contributed by atoms with Crippen molar-refractivity contribution in [2.75, 3.05) is 18.5 Å². The average molecular weight is 302 g/mol. The molecule has 0 bridgehead atoms. The van der Waals surface area contributed by atoms with Crippen LogP contribution in [0.25, 0.3) is 0 Å². The van der Waals surface area contributed by atoms with E-state index in [0.29, 0.717) is 18.1 Å². The molecule has 3 rings (SSSR count). The molecule has 1 amide bonds. The number of anilines is 1. The molecule has 1 aromatic heterocycles. The van der Waals surface area contributed by atoms with Gasteiger partial charge in [-0.25, -0.2) is 0 Å². The third kappa shape index (κ3) is 3.65. The van der Waals surface area contributed by atoms with Crippen molar-refractivity contribution in [1.82, 2.24) is 5.16 Å². The number of benzene rings is 1. The van der Waals surface area contributed by atoms with Crippen LogP contribution in [0.4, 0.5) is 5.69 Å². The van der Waals surface area contributed by atoms with Gasteiger partial charge in [-0.3, -0.25) is 4.79 Å². The number of rotatable bonds is 5. The molecule has 1 unspecified atom stereocenters. The summed E-state index contributed by atoms with van der Waals surface area (Å²) in [5, 5.41) is 6.43. The molecular weight excluding hydrogens is 284 g/mol. The Morgan fingerprint density at radius 2 is 2.23 bits per heavy atom. The van der Waals surface area contributed by atoms with Crippen LogP contribution < -0.4 is 10.1 Å². The summed E-state index contributed by atoms with van der Waals surface area (Å²) in [7, 11) is 0. The zero-order valence-corrected chi connectivity index (χ0v) is 12.4. The molecule has 6 heteroatoms. The number of aromatic nitrogens is 1. The van der Waals surface area contributed by atoms with Gasteiger partial charge in [0.15, 0.2) is 5.69 Å². The van der Waals surface area contributed by atoms with Crippen molar-refractivity contribution < 1.29 is 18.8 Å². The lowest BCUT2D eigenvalue weighted by molar-refractivity contribution is 0.0679. The second-order valence-corrected chi connectivity index (χ2v) is 5.25. The third-order valence-corrected chi connectivity index (χ3v) is 3.43. The van der Waals surface area contributed by atoms with Crippen molar-refractivity contribution in [1.29, 1.82) is 0 Å². The number of amides is 1. The maximum Gasteiger partial charge on any atom is 0.277 e. The Morgan fingerprint density at radius 1 is 1.41 bits per heavy atom. The van der Waals surface area contributed by atoms with Gasteiger partial charge in [-0.05, 0) is 44.0 Å². The second-order valence-electron chi connectivity index (χ2n) is 5.25. The van der Waals surface area contributed by atoms with Gasteiger partial charge in [-0.2, -0.15) is 0 Å². The fraction of sp³-hybridized carbons (Fsp3) is 0.375. The molecular formula is C16H18N2O4. The Labute approximate surface area is 128 Å². The molecule has 1 aliphatic heterocycles. The Kier molecular flexibility index (Phi) is 4.39. The van der Waals surface area contributed by atoms with Gasteiger partial charge in [0, 0.05) is 18.4 Å². The lowest BCUT2D eigenvalue weighted by atomic mass is 10.2. The molecule has 1 aliphatic rings. The van der Waals surface area contributed by atoms with E-state index in [4.69, 9.17) is 14.0 Å². The van der Waals surface area contributed by atoms with E-state index < -0.39 is 0 Å². The Hall–Kier alpha value is -2.34. The topological polar surface area (TPSA) is 73.6 Å². The fourth-order valence-corrected chi connectivity index (χ4v) is 2.27. The number of hydrogen-bond acceptors (Lipinski definition) is 5. The first kappa shape index (κ1) is 14.6. The summed E-state index contributed by atoms with van der Waals surface area (Å²) in [6.07, 6.45) is 2.33. The van der Waals surface area contributed by atoms with E-state index in [2.05, 4.69) is 10.5 Å². The monoisotopic (exact) mass is 302 g/mol. The molecule has 0 aliphatic carbocycles. The van der Waals surface area contributed by atoms with Gasteiger partial charge in [-0.1, -0.05) is 5.16 Å². The Bertz CT molecular complexity index is 630. The normalized spacial score (nSPS) is 17.4. The Morgan fingerprint density at radius 3 is 2.86 bits per heavy atom. The third-order valence-electron chi connectivity index (χ3n) is 3.43. The highest BCUT2D eigenvalue weighted by molar-refractivity contribution is 6.02. The number of nitrogens with zero attached hydrogens (tertiary/aromatic N) is 1.